The van der Waals surface area contributed by atoms with Crippen LogP contribution in [0.3, 0.4) is 0 Å². The number of nitrogens with zero attached hydrogens (tertiary/aromatic N) is 2. The number of rotatable bonds is 4. The number of hydrogen-bond acceptors (Lipinski definition) is 5. The maximum atomic E-state index is 12.1. The molecule has 18 heavy (non-hydrogen) atoms. The number of thioether (sulfide) groups is 1. The van der Waals surface area contributed by atoms with Gasteiger partial charge in [-0.1, -0.05) is 13.3 Å². The van der Waals surface area contributed by atoms with Gasteiger partial charge in [-0.25, -0.2) is 9.59 Å². The van der Waals surface area contributed by atoms with E-state index in [4.69, 9.17) is 0 Å². The van der Waals surface area contributed by atoms with E-state index in [-0.39, 0.29) is 11.9 Å². The van der Waals surface area contributed by atoms with Crippen LogP contribution in [0.15, 0.2) is 0 Å². The van der Waals surface area contributed by atoms with E-state index in [0.717, 1.165) is 12.8 Å². The van der Waals surface area contributed by atoms with Gasteiger partial charge in [0.1, 0.15) is 6.04 Å². The predicted molar refractivity (Wildman–Crippen MR) is 65.9 cm³/mol. The number of amides is 3. The van der Waals surface area contributed by atoms with Gasteiger partial charge >= 0.3 is 12.0 Å². The normalized spacial score (nSPS) is 26.8. The average Bonchev–Trinajstić information content (AvgIpc) is 2.90. The number of carbonyl (C=O) groups excluding carboxylic acids is 3. The number of methoxy groups -OCH3 is 1. The molecule has 2 heterocycles. The summed E-state index contributed by atoms with van der Waals surface area (Å²) in [6.45, 7) is 2.43. The third-order valence-corrected chi connectivity index (χ3v) is 4.38. The Labute approximate surface area is 110 Å². The smallest absolute Gasteiger partial charge is 0.339 e. The van der Waals surface area contributed by atoms with Gasteiger partial charge in [-0.2, -0.15) is 0 Å². The number of esters is 1. The minimum Gasteiger partial charge on any atom is -0.467 e. The highest BCUT2D eigenvalue weighted by molar-refractivity contribution is 8.00. The van der Waals surface area contributed by atoms with Crippen LogP contribution in [0, 0.1) is 0 Å². The quantitative estimate of drug-likeness (QED) is 0.556. The summed E-state index contributed by atoms with van der Waals surface area (Å²) in [6, 6.07) is -0.859. The first-order chi connectivity index (χ1) is 8.61. The topological polar surface area (TPSA) is 66.9 Å². The second-order valence-corrected chi connectivity index (χ2v) is 5.37. The molecule has 3 amide bonds. The fraction of sp³-hybridized carbons (Fsp3) is 0.727. The second kappa shape index (κ2) is 5.17. The monoisotopic (exact) mass is 272 g/mol. The molecule has 0 spiro atoms. The molecule has 2 atom stereocenters. The van der Waals surface area contributed by atoms with Gasteiger partial charge < -0.3 is 4.74 Å². The Hall–Kier alpha value is -1.24. The lowest BCUT2D eigenvalue weighted by atomic mass is 10.3. The van der Waals surface area contributed by atoms with E-state index in [1.54, 1.807) is 0 Å². The Kier molecular flexibility index (Phi) is 3.79. The Morgan fingerprint density at radius 3 is 2.83 bits per heavy atom. The highest BCUT2D eigenvalue weighted by Gasteiger charge is 2.54. The molecule has 2 aliphatic rings. The summed E-state index contributed by atoms with van der Waals surface area (Å²) in [5, 5.41) is -0.678. The van der Waals surface area contributed by atoms with Gasteiger partial charge in [0.2, 0.25) is 0 Å². The van der Waals surface area contributed by atoms with Crippen LogP contribution in [0.1, 0.15) is 19.8 Å². The van der Waals surface area contributed by atoms with Gasteiger partial charge in [-0.3, -0.25) is 14.6 Å². The van der Waals surface area contributed by atoms with E-state index in [9.17, 15) is 14.4 Å². The minimum atomic E-state index is -0.678. The number of unbranched alkanes of at least 4 members (excludes halogenated alkanes) is 1. The largest absolute Gasteiger partial charge is 0.467 e. The van der Waals surface area contributed by atoms with Crippen LogP contribution in [-0.2, 0) is 14.3 Å². The third-order valence-electron chi connectivity index (χ3n) is 3.14. The molecule has 100 valence electrons. The van der Waals surface area contributed by atoms with Gasteiger partial charge in [-0.15, -0.1) is 11.8 Å². The molecule has 0 radical (unpaired) electrons. The molecule has 1 unspecified atom stereocenters. The molecule has 6 nitrogen and oxygen atoms in total. The molecular formula is C11H16N2O4S. The number of urea groups is 1. The summed E-state index contributed by atoms with van der Waals surface area (Å²) in [4.78, 5) is 38.4. The first kappa shape index (κ1) is 13.2. The summed E-state index contributed by atoms with van der Waals surface area (Å²) in [5.74, 6) is -0.194. The van der Waals surface area contributed by atoms with Gasteiger partial charge in [0, 0.05) is 12.3 Å². The zero-order chi connectivity index (χ0) is 13.3. The van der Waals surface area contributed by atoms with Crippen LogP contribution in [0.25, 0.3) is 0 Å². The Balaban J connectivity index is 2.14. The van der Waals surface area contributed by atoms with Crippen LogP contribution < -0.4 is 0 Å². The maximum absolute atomic E-state index is 12.1. The van der Waals surface area contributed by atoms with E-state index < -0.39 is 17.4 Å². The summed E-state index contributed by atoms with van der Waals surface area (Å²) < 4.78 is 4.66. The van der Waals surface area contributed by atoms with Crippen LogP contribution in [-0.4, -0.2) is 58.5 Å². The van der Waals surface area contributed by atoms with Crippen molar-refractivity contribution >= 4 is 29.7 Å². The molecule has 2 rings (SSSR count). The Morgan fingerprint density at radius 1 is 1.50 bits per heavy atom. The highest BCUT2D eigenvalue weighted by Crippen LogP contribution is 2.36. The number of fused-ring (bicyclic) bond motifs is 1. The lowest BCUT2D eigenvalue weighted by Crippen LogP contribution is -2.41. The van der Waals surface area contributed by atoms with Crippen LogP contribution in [0.4, 0.5) is 4.79 Å². The second-order valence-electron chi connectivity index (χ2n) is 4.26. The molecule has 7 heteroatoms. The SMILES string of the molecule is CCCCN1C(=O)[C@@H]2CSC(C(=O)OC)N2C1=O. The molecule has 2 fully saturated rings. The Morgan fingerprint density at radius 2 is 2.22 bits per heavy atom. The van der Waals surface area contributed by atoms with Gasteiger partial charge in [0.05, 0.1) is 7.11 Å². The molecule has 0 aromatic carbocycles. The average molecular weight is 272 g/mol. The van der Waals surface area contributed by atoms with Crippen LogP contribution in [0.5, 0.6) is 0 Å². The van der Waals surface area contributed by atoms with Crippen molar-refractivity contribution in [2.24, 2.45) is 0 Å². The van der Waals surface area contributed by atoms with Crippen molar-refractivity contribution in [3.63, 3.8) is 0 Å². The fourth-order valence-electron chi connectivity index (χ4n) is 2.15. The number of carbonyl (C=O) groups is 3. The lowest BCUT2D eigenvalue weighted by molar-refractivity contribution is -0.142. The van der Waals surface area contributed by atoms with Crippen LogP contribution in [0.2, 0.25) is 0 Å². The van der Waals surface area contributed by atoms with E-state index >= 15 is 0 Å². The zero-order valence-corrected chi connectivity index (χ0v) is 11.2. The molecule has 2 saturated heterocycles. The lowest BCUT2D eigenvalue weighted by Gasteiger charge is -2.20. The maximum Gasteiger partial charge on any atom is 0.339 e. The molecule has 0 aromatic heterocycles. The summed E-state index contributed by atoms with van der Waals surface area (Å²) in [6.07, 6.45) is 1.70. The number of hydrogen-bond donors (Lipinski definition) is 0. The Bertz CT molecular complexity index is 387. The van der Waals surface area contributed by atoms with Crippen molar-refractivity contribution in [2.75, 3.05) is 19.4 Å². The molecule has 2 aliphatic heterocycles. The van der Waals surface area contributed by atoms with Crippen molar-refractivity contribution in [1.29, 1.82) is 0 Å². The number of ether oxygens (including phenoxy) is 1. The van der Waals surface area contributed by atoms with Crippen molar-refractivity contribution in [3.8, 4) is 0 Å². The van der Waals surface area contributed by atoms with E-state index in [0.29, 0.717) is 12.3 Å². The molecular weight excluding hydrogens is 256 g/mol. The molecule has 0 N–H and O–H groups in total. The third kappa shape index (κ3) is 1.96. The van der Waals surface area contributed by atoms with Gasteiger partial charge in [0.25, 0.3) is 5.91 Å². The molecule has 0 saturated carbocycles. The van der Waals surface area contributed by atoms with Gasteiger partial charge in [0.15, 0.2) is 5.37 Å². The fourth-order valence-corrected chi connectivity index (χ4v) is 3.45. The molecule has 0 bridgehead atoms. The van der Waals surface area contributed by atoms with Crippen molar-refractivity contribution in [1.82, 2.24) is 9.80 Å². The van der Waals surface area contributed by atoms with Crippen molar-refractivity contribution in [2.45, 2.75) is 31.2 Å². The predicted octanol–water partition coefficient (Wildman–Crippen LogP) is 0.665. The first-order valence-corrected chi connectivity index (χ1v) is 6.99. The standard InChI is InChI=1S/C11H16N2O4S/c1-3-4-5-12-8(14)7-6-18-9(10(15)17-2)13(7)11(12)16/h7,9H,3-6H2,1-2H3/t7-,9?/m0/s1. The van der Waals surface area contributed by atoms with Gasteiger partial charge in [-0.05, 0) is 6.42 Å². The minimum absolute atomic E-state index is 0.188. The summed E-state index contributed by atoms with van der Waals surface area (Å²) >= 11 is 1.28. The van der Waals surface area contributed by atoms with E-state index in [1.807, 2.05) is 6.92 Å². The molecule has 0 aromatic rings. The first-order valence-electron chi connectivity index (χ1n) is 5.95. The zero-order valence-electron chi connectivity index (χ0n) is 10.4. The highest BCUT2D eigenvalue weighted by atomic mass is 32.2. The van der Waals surface area contributed by atoms with Crippen molar-refractivity contribution < 1.29 is 19.1 Å². The van der Waals surface area contributed by atoms with E-state index in [2.05, 4.69) is 4.74 Å². The number of imide groups is 1. The molecule has 0 aliphatic carbocycles. The van der Waals surface area contributed by atoms with E-state index in [1.165, 1.54) is 28.7 Å². The summed E-state index contributed by atoms with van der Waals surface area (Å²) in [5.41, 5.74) is 0. The summed E-state index contributed by atoms with van der Waals surface area (Å²) in [7, 11) is 1.29. The van der Waals surface area contributed by atoms with Crippen LogP contribution >= 0.6 is 11.8 Å². The van der Waals surface area contributed by atoms with Crippen molar-refractivity contribution in [3.05, 3.63) is 0 Å².